The second-order valence-corrected chi connectivity index (χ2v) is 5.44. The van der Waals surface area contributed by atoms with Crippen LogP contribution in [0.15, 0.2) is 10.9 Å². The molecule has 1 aromatic heterocycles. The lowest BCUT2D eigenvalue weighted by Gasteiger charge is -2.33. The summed E-state index contributed by atoms with van der Waals surface area (Å²) in [7, 11) is 4.21. The van der Waals surface area contributed by atoms with E-state index in [2.05, 4.69) is 55.4 Å². The van der Waals surface area contributed by atoms with Crippen LogP contribution in [0.3, 0.4) is 0 Å². The molecular weight excluding hydrogens is 206 g/mol. The monoisotopic (exact) mass is 227 g/mol. The maximum Gasteiger partial charge on any atom is 0.0795 e. The Labute approximate surface area is 96.5 Å². The fourth-order valence-corrected chi connectivity index (χ4v) is 1.75. The molecule has 0 aliphatic rings. The number of rotatable bonds is 5. The second-order valence-electron chi connectivity index (χ2n) is 4.72. The van der Waals surface area contributed by atoms with E-state index in [1.165, 1.54) is 0 Å². The van der Waals surface area contributed by atoms with Gasteiger partial charge < -0.3 is 10.2 Å². The van der Waals surface area contributed by atoms with Crippen LogP contribution in [0.2, 0.25) is 0 Å². The molecule has 1 atom stereocenters. The van der Waals surface area contributed by atoms with Crippen LogP contribution >= 0.6 is 11.3 Å². The van der Waals surface area contributed by atoms with Crippen LogP contribution < -0.4 is 5.32 Å². The van der Waals surface area contributed by atoms with E-state index in [1.54, 1.807) is 11.3 Å². The molecule has 0 saturated carbocycles. The zero-order chi connectivity index (χ0) is 11.5. The summed E-state index contributed by atoms with van der Waals surface area (Å²) in [6, 6.07) is 0.329. The van der Waals surface area contributed by atoms with Gasteiger partial charge in [0.1, 0.15) is 0 Å². The van der Waals surface area contributed by atoms with Gasteiger partial charge in [0.2, 0.25) is 0 Å². The molecular formula is C11H21N3S. The summed E-state index contributed by atoms with van der Waals surface area (Å²) in [5.74, 6) is 0. The molecule has 3 nitrogen and oxygen atoms in total. The van der Waals surface area contributed by atoms with Gasteiger partial charge in [-0.1, -0.05) is 0 Å². The molecule has 0 amide bonds. The first kappa shape index (κ1) is 12.6. The standard InChI is InChI=1S/C11H21N3S/c1-9(10-6-15-8-13-10)12-7-11(2,3)14(4)5/h6,8-9,12H,7H2,1-5H3. The highest BCUT2D eigenvalue weighted by Crippen LogP contribution is 2.14. The van der Waals surface area contributed by atoms with Crippen molar-refractivity contribution in [2.45, 2.75) is 32.4 Å². The Bertz CT molecular complexity index is 280. The van der Waals surface area contributed by atoms with Gasteiger partial charge in [-0.15, -0.1) is 11.3 Å². The average Bonchev–Trinajstić information content (AvgIpc) is 2.66. The van der Waals surface area contributed by atoms with Crippen molar-refractivity contribution >= 4 is 11.3 Å². The fraction of sp³-hybridized carbons (Fsp3) is 0.727. The number of hydrogen-bond donors (Lipinski definition) is 1. The molecule has 1 unspecified atom stereocenters. The molecule has 4 heteroatoms. The van der Waals surface area contributed by atoms with E-state index in [1.807, 2.05) is 5.51 Å². The third-order valence-corrected chi connectivity index (χ3v) is 3.55. The largest absolute Gasteiger partial charge is 0.307 e. The number of aromatic nitrogens is 1. The van der Waals surface area contributed by atoms with Crippen molar-refractivity contribution in [3.05, 3.63) is 16.6 Å². The van der Waals surface area contributed by atoms with Gasteiger partial charge in [0.05, 0.1) is 11.2 Å². The Hall–Kier alpha value is -0.450. The van der Waals surface area contributed by atoms with Crippen molar-refractivity contribution in [3.8, 4) is 0 Å². The molecule has 86 valence electrons. The lowest BCUT2D eigenvalue weighted by molar-refractivity contribution is 0.185. The highest BCUT2D eigenvalue weighted by molar-refractivity contribution is 7.07. The van der Waals surface area contributed by atoms with E-state index in [9.17, 15) is 0 Å². The van der Waals surface area contributed by atoms with Crippen molar-refractivity contribution in [1.29, 1.82) is 0 Å². The summed E-state index contributed by atoms with van der Waals surface area (Å²) in [5.41, 5.74) is 3.18. The molecule has 1 heterocycles. The van der Waals surface area contributed by atoms with E-state index in [-0.39, 0.29) is 5.54 Å². The predicted molar refractivity (Wildman–Crippen MR) is 66.3 cm³/mol. The van der Waals surface area contributed by atoms with Gasteiger partial charge >= 0.3 is 0 Å². The number of likely N-dealkylation sites (N-methyl/N-ethyl adjacent to an activating group) is 1. The van der Waals surface area contributed by atoms with Crippen molar-refractivity contribution in [3.63, 3.8) is 0 Å². The number of nitrogens with one attached hydrogen (secondary N) is 1. The lowest BCUT2D eigenvalue weighted by Crippen LogP contribution is -2.47. The molecule has 0 saturated heterocycles. The SMILES string of the molecule is CC(NCC(C)(C)N(C)C)c1cscn1. The maximum atomic E-state index is 4.30. The molecule has 1 aromatic rings. The first-order chi connectivity index (χ1) is 6.93. The van der Waals surface area contributed by atoms with E-state index >= 15 is 0 Å². The van der Waals surface area contributed by atoms with Crippen molar-refractivity contribution in [1.82, 2.24) is 15.2 Å². The van der Waals surface area contributed by atoms with Crippen LogP contribution in [0.1, 0.15) is 32.5 Å². The molecule has 0 aliphatic heterocycles. The molecule has 0 aliphatic carbocycles. The fourth-order valence-electron chi connectivity index (χ4n) is 1.10. The summed E-state index contributed by atoms with van der Waals surface area (Å²) in [4.78, 5) is 6.53. The van der Waals surface area contributed by atoms with Gasteiger partial charge in [-0.25, -0.2) is 4.98 Å². The predicted octanol–water partition coefficient (Wildman–Crippen LogP) is 2.13. The van der Waals surface area contributed by atoms with E-state index in [4.69, 9.17) is 0 Å². The van der Waals surface area contributed by atoms with Gasteiger partial charge in [0.15, 0.2) is 0 Å². The Balaban J connectivity index is 2.44. The quantitative estimate of drug-likeness (QED) is 0.835. The lowest BCUT2D eigenvalue weighted by atomic mass is 10.0. The molecule has 0 radical (unpaired) electrons. The first-order valence-electron chi connectivity index (χ1n) is 5.22. The van der Waals surface area contributed by atoms with E-state index in [0.29, 0.717) is 6.04 Å². The summed E-state index contributed by atoms with van der Waals surface area (Å²) in [6.07, 6.45) is 0. The average molecular weight is 227 g/mol. The first-order valence-corrected chi connectivity index (χ1v) is 6.16. The normalized spacial score (nSPS) is 14.5. The summed E-state index contributed by atoms with van der Waals surface area (Å²) in [6.45, 7) is 7.57. The van der Waals surface area contributed by atoms with Crippen molar-refractivity contribution in [2.75, 3.05) is 20.6 Å². The minimum atomic E-state index is 0.171. The topological polar surface area (TPSA) is 28.2 Å². The Morgan fingerprint density at radius 2 is 2.20 bits per heavy atom. The Morgan fingerprint density at radius 3 is 2.67 bits per heavy atom. The molecule has 15 heavy (non-hydrogen) atoms. The van der Waals surface area contributed by atoms with Crippen LogP contribution in [-0.4, -0.2) is 36.1 Å². The van der Waals surface area contributed by atoms with Crippen LogP contribution in [0, 0.1) is 0 Å². The third kappa shape index (κ3) is 3.55. The van der Waals surface area contributed by atoms with E-state index < -0.39 is 0 Å². The minimum Gasteiger partial charge on any atom is -0.307 e. The Kier molecular flexibility index (Phi) is 4.25. The zero-order valence-corrected chi connectivity index (χ0v) is 11.1. The maximum absolute atomic E-state index is 4.30. The molecule has 0 spiro atoms. The smallest absolute Gasteiger partial charge is 0.0795 e. The van der Waals surface area contributed by atoms with Gasteiger partial charge in [0.25, 0.3) is 0 Å². The van der Waals surface area contributed by atoms with Crippen LogP contribution in [0.25, 0.3) is 0 Å². The highest BCUT2D eigenvalue weighted by atomic mass is 32.1. The molecule has 0 aromatic carbocycles. The van der Waals surface area contributed by atoms with Gasteiger partial charge in [-0.3, -0.25) is 0 Å². The Morgan fingerprint density at radius 1 is 1.53 bits per heavy atom. The summed E-state index contributed by atoms with van der Waals surface area (Å²) in [5, 5.41) is 5.61. The number of hydrogen-bond acceptors (Lipinski definition) is 4. The van der Waals surface area contributed by atoms with E-state index in [0.717, 1.165) is 12.2 Å². The van der Waals surface area contributed by atoms with Crippen molar-refractivity contribution in [2.24, 2.45) is 0 Å². The van der Waals surface area contributed by atoms with Gasteiger partial charge in [0, 0.05) is 23.5 Å². The summed E-state index contributed by atoms with van der Waals surface area (Å²) >= 11 is 1.65. The molecule has 1 rings (SSSR count). The highest BCUT2D eigenvalue weighted by Gasteiger charge is 2.21. The third-order valence-electron chi connectivity index (χ3n) is 2.95. The minimum absolute atomic E-state index is 0.171. The summed E-state index contributed by atoms with van der Waals surface area (Å²) < 4.78 is 0. The number of nitrogens with zero attached hydrogens (tertiary/aromatic N) is 2. The van der Waals surface area contributed by atoms with Crippen LogP contribution in [0.5, 0.6) is 0 Å². The van der Waals surface area contributed by atoms with Crippen LogP contribution in [-0.2, 0) is 0 Å². The van der Waals surface area contributed by atoms with Crippen LogP contribution in [0.4, 0.5) is 0 Å². The second kappa shape index (κ2) is 5.05. The molecule has 0 bridgehead atoms. The van der Waals surface area contributed by atoms with Gasteiger partial charge in [-0.2, -0.15) is 0 Å². The van der Waals surface area contributed by atoms with Crippen molar-refractivity contribution < 1.29 is 0 Å². The molecule has 1 N–H and O–H groups in total. The van der Waals surface area contributed by atoms with Gasteiger partial charge in [-0.05, 0) is 34.9 Å². The molecule has 0 fully saturated rings. The zero-order valence-electron chi connectivity index (χ0n) is 10.2. The number of thiazole rings is 1.